The van der Waals surface area contributed by atoms with Crippen molar-refractivity contribution in [1.82, 2.24) is 14.6 Å². The lowest BCUT2D eigenvalue weighted by molar-refractivity contribution is -0.136. The molecule has 2 aromatic heterocycles. The molecule has 0 radical (unpaired) electrons. The molecule has 19 heavy (non-hydrogen) atoms. The molecule has 2 heterocycles. The number of carboxylic acid groups (broad SMARTS) is 1. The third-order valence-electron chi connectivity index (χ3n) is 2.53. The molecule has 3 aromatic rings. The molecule has 0 aliphatic rings. The minimum Gasteiger partial charge on any atom is -0.481 e. The third kappa shape index (κ3) is 2.19. The highest BCUT2D eigenvalue weighted by molar-refractivity contribution is 7.19. The van der Waals surface area contributed by atoms with E-state index in [0.29, 0.717) is 21.2 Å². The summed E-state index contributed by atoms with van der Waals surface area (Å²) in [6.07, 6.45) is 1.40. The first-order valence-electron chi connectivity index (χ1n) is 5.45. The van der Waals surface area contributed by atoms with Gasteiger partial charge in [-0.25, -0.2) is 13.9 Å². The van der Waals surface area contributed by atoms with E-state index in [1.54, 1.807) is 24.4 Å². The number of halogens is 1. The molecule has 0 aliphatic heterocycles. The van der Waals surface area contributed by atoms with E-state index in [9.17, 15) is 9.18 Å². The van der Waals surface area contributed by atoms with Crippen LogP contribution in [0.3, 0.4) is 0 Å². The van der Waals surface area contributed by atoms with Crippen LogP contribution in [0.25, 0.3) is 15.5 Å². The van der Waals surface area contributed by atoms with Gasteiger partial charge < -0.3 is 5.11 Å². The van der Waals surface area contributed by atoms with Crippen molar-refractivity contribution in [3.63, 3.8) is 0 Å². The van der Waals surface area contributed by atoms with Gasteiger partial charge in [-0.3, -0.25) is 4.79 Å². The number of aromatic nitrogens is 3. The first-order chi connectivity index (χ1) is 9.13. The van der Waals surface area contributed by atoms with Gasteiger partial charge in [0.25, 0.3) is 0 Å². The van der Waals surface area contributed by atoms with Gasteiger partial charge in [0.05, 0.1) is 18.3 Å². The molecular formula is C12H8FN3O2S. The van der Waals surface area contributed by atoms with Crippen molar-refractivity contribution < 1.29 is 14.3 Å². The smallest absolute Gasteiger partial charge is 0.309 e. The van der Waals surface area contributed by atoms with Gasteiger partial charge in [0, 0.05) is 5.56 Å². The number of hydrogen-bond donors (Lipinski definition) is 1. The second-order valence-corrected chi connectivity index (χ2v) is 4.87. The number of nitrogens with zero attached hydrogens (tertiary/aromatic N) is 3. The molecule has 0 spiro atoms. The van der Waals surface area contributed by atoms with Crippen LogP contribution < -0.4 is 0 Å². The molecule has 7 heteroatoms. The third-order valence-corrected chi connectivity index (χ3v) is 3.49. The van der Waals surface area contributed by atoms with E-state index in [0.717, 1.165) is 0 Å². The first kappa shape index (κ1) is 11.8. The summed E-state index contributed by atoms with van der Waals surface area (Å²) < 4.78 is 15.1. The summed E-state index contributed by atoms with van der Waals surface area (Å²) in [6.45, 7) is 0. The molecule has 0 unspecified atom stereocenters. The molecule has 0 amide bonds. The van der Waals surface area contributed by atoms with Gasteiger partial charge in [0.15, 0.2) is 5.01 Å². The maximum Gasteiger partial charge on any atom is 0.309 e. The zero-order valence-electron chi connectivity index (χ0n) is 9.58. The van der Waals surface area contributed by atoms with Gasteiger partial charge in [-0.15, -0.1) is 0 Å². The minimum absolute atomic E-state index is 0.148. The molecule has 0 saturated carbocycles. The number of carboxylic acids is 1. The highest BCUT2D eigenvalue weighted by atomic mass is 32.1. The quantitative estimate of drug-likeness (QED) is 0.797. The largest absolute Gasteiger partial charge is 0.481 e. The number of rotatable bonds is 3. The van der Waals surface area contributed by atoms with E-state index in [-0.39, 0.29) is 12.2 Å². The predicted molar refractivity (Wildman–Crippen MR) is 67.6 cm³/mol. The predicted octanol–water partition coefficient (Wildman–Crippen LogP) is 2.22. The van der Waals surface area contributed by atoms with Crippen LogP contribution >= 0.6 is 11.3 Å². The van der Waals surface area contributed by atoms with Crippen LogP contribution in [0.15, 0.2) is 30.5 Å². The lowest BCUT2D eigenvalue weighted by Crippen LogP contribution is -1.99. The van der Waals surface area contributed by atoms with Crippen molar-refractivity contribution in [2.75, 3.05) is 0 Å². The van der Waals surface area contributed by atoms with Gasteiger partial charge in [0.2, 0.25) is 4.96 Å². The molecule has 96 valence electrons. The van der Waals surface area contributed by atoms with E-state index in [4.69, 9.17) is 5.11 Å². The molecule has 5 nitrogen and oxygen atoms in total. The number of fused-ring (bicyclic) bond motifs is 1. The van der Waals surface area contributed by atoms with Crippen molar-refractivity contribution >= 4 is 22.3 Å². The molecule has 3 rings (SSSR count). The maximum absolute atomic E-state index is 13.6. The second-order valence-electron chi connectivity index (χ2n) is 3.92. The van der Waals surface area contributed by atoms with Gasteiger partial charge in [-0.2, -0.15) is 5.10 Å². The van der Waals surface area contributed by atoms with Crippen LogP contribution in [-0.2, 0) is 11.2 Å². The lowest BCUT2D eigenvalue weighted by atomic mass is 10.2. The average Bonchev–Trinajstić information content (AvgIpc) is 2.86. The lowest BCUT2D eigenvalue weighted by Gasteiger charge is -1.95. The summed E-state index contributed by atoms with van der Waals surface area (Å²) >= 11 is 1.22. The van der Waals surface area contributed by atoms with Crippen molar-refractivity contribution in [2.24, 2.45) is 0 Å². The topological polar surface area (TPSA) is 67.5 Å². The number of aliphatic carboxylic acids is 1. The van der Waals surface area contributed by atoms with Crippen LogP contribution in [0.2, 0.25) is 0 Å². The zero-order chi connectivity index (χ0) is 13.4. The normalized spacial score (nSPS) is 11.0. The monoisotopic (exact) mass is 277 g/mol. The van der Waals surface area contributed by atoms with E-state index >= 15 is 0 Å². The van der Waals surface area contributed by atoms with Gasteiger partial charge >= 0.3 is 5.97 Å². The van der Waals surface area contributed by atoms with E-state index in [1.807, 2.05) is 0 Å². The second kappa shape index (κ2) is 4.43. The Kier molecular flexibility index (Phi) is 2.75. The SMILES string of the molecule is O=C(O)Cc1cn2nc(-c3ccccc3F)sc2n1. The van der Waals surface area contributed by atoms with Crippen LogP contribution in [0.4, 0.5) is 4.39 Å². The van der Waals surface area contributed by atoms with Crippen LogP contribution in [0.5, 0.6) is 0 Å². The molecule has 0 aliphatic carbocycles. The molecule has 1 aromatic carbocycles. The molecule has 0 atom stereocenters. The standard InChI is InChI=1S/C12H8FN3O2S/c13-9-4-2-1-3-8(9)11-15-16-6-7(5-10(17)18)14-12(16)19-11/h1-4,6H,5H2,(H,17,18). The average molecular weight is 277 g/mol. The van der Waals surface area contributed by atoms with E-state index < -0.39 is 5.97 Å². The molecule has 1 N–H and O–H groups in total. The molecule has 0 fully saturated rings. The fourth-order valence-corrected chi connectivity index (χ4v) is 2.66. The Hall–Kier alpha value is -2.28. The Morgan fingerprint density at radius 3 is 2.89 bits per heavy atom. The fraction of sp³-hybridized carbons (Fsp3) is 0.0833. The number of carbonyl (C=O) groups is 1. The number of imidazole rings is 1. The van der Waals surface area contributed by atoms with Crippen LogP contribution in [-0.4, -0.2) is 25.7 Å². The van der Waals surface area contributed by atoms with Crippen molar-refractivity contribution in [3.05, 3.63) is 42.0 Å². The number of benzene rings is 1. The Morgan fingerprint density at radius 1 is 1.42 bits per heavy atom. The zero-order valence-corrected chi connectivity index (χ0v) is 10.4. The highest BCUT2D eigenvalue weighted by Crippen LogP contribution is 2.27. The van der Waals surface area contributed by atoms with Crippen molar-refractivity contribution in [2.45, 2.75) is 6.42 Å². The van der Waals surface area contributed by atoms with Crippen molar-refractivity contribution in [3.8, 4) is 10.6 Å². The maximum atomic E-state index is 13.6. The minimum atomic E-state index is -0.944. The Balaban J connectivity index is 2.02. The fourth-order valence-electron chi connectivity index (χ4n) is 1.73. The van der Waals surface area contributed by atoms with Gasteiger partial charge in [-0.05, 0) is 12.1 Å². The Morgan fingerprint density at radius 2 is 2.21 bits per heavy atom. The Bertz CT molecular complexity index is 734. The highest BCUT2D eigenvalue weighted by Gasteiger charge is 2.13. The first-order valence-corrected chi connectivity index (χ1v) is 6.27. The molecule has 0 saturated heterocycles. The van der Waals surface area contributed by atoms with Gasteiger partial charge in [0.1, 0.15) is 5.82 Å². The van der Waals surface area contributed by atoms with E-state index in [1.165, 1.54) is 21.9 Å². The van der Waals surface area contributed by atoms with Crippen LogP contribution in [0.1, 0.15) is 5.69 Å². The molecule has 0 bridgehead atoms. The Labute approximate surface area is 111 Å². The van der Waals surface area contributed by atoms with Crippen molar-refractivity contribution in [1.29, 1.82) is 0 Å². The van der Waals surface area contributed by atoms with Gasteiger partial charge in [-0.1, -0.05) is 23.5 Å². The van der Waals surface area contributed by atoms with Crippen LogP contribution in [0, 0.1) is 5.82 Å². The summed E-state index contributed by atoms with van der Waals surface area (Å²) in [7, 11) is 0. The van der Waals surface area contributed by atoms with E-state index in [2.05, 4.69) is 10.1 Å². The summed E-state index contributed by atoms with van der Waals surface area (Å²) in [6, 6.07) is 6.36. The summed E-state index contributed by atoms with van der Waals surface area (Å²) in [5.74, 6) is -1.29. The number of hydrogen-bond acceptors (Lipinski definition) is 4. The summed E-state index contributed by atoms with van der Waals surface area (Å²) in [4.78, 5) is 15.3. The molecular weight excluding hydrogens is 269 g/mol. The summed E-state index contributed by atoms with van der Waals surface area (Å²) in [5.41, 5.74) is 0.851. The summed E-state index contributed by atoms with van der Waals surface area (Å²) in [5, 5.41) is 13.4.